The molecule has 0 aromatic heterocycles. The van der Waals surface area contributed by atoms with Crippen molar-refractivity contribution < 1.29 is 28.6 Å². The predicted octanol–water partition coefficient (Wildman–Crippen LogP) is 2.94. The minimum atomic E-state index is -0.145. The van der Waals surface area contributed by atoms with E-state index in [0.29, 0.717) is 5.56 Å². The van der Waals surface area contributed by atoms with Gasteiger partial charge in [0.25, 0.3) is 0 Å². The average molecular weight is 275 g/mol. The Labute approximate surface area is 103 Å². The fourth-order valence-corrected chi connectivity index (χ4v) is 2.33. The molecule has 0 amide bonds. The third kappa shape index (κ3) is 2.38. The first-order valence-corrected chi connectivity index (χ1v) is 5.91. The summed E-state index contributed by atoms with van der Waals surface area (Å²) in [5.74, 6) is -0.145. The topological polar surface area (TPSA) is 0 Å². The zero-order chi connectivity index (χ0) is 10.7. The summed E-state index contributed by atoms with van der Waals surface area (Å²) in [7, 11) is 0. The van der Waals surface area contributed by atoms with E-state index in [9.17, 15) is 4.39 Å². The van der Waals surface area contributed by atoms with Crippen molar-refractivity contribution in [2.45, 2.75) is 0 Å². The molecular weight excluding hydrogens is 266 g/mol. The molecule has 0 aliphatic heterocycles. The average Bonchev–Trinajstić information content (AvgIpc) is 2.30. The van der Waals surface area contributed by atoms with Crippen LogP contribution in [-0.2, 0) is 24.2 Å². The maximum absolute atomic E-state index is 13.5. The van der Waals surface area contributed by atoms with E-state index in [4.69, 9.17) is 0 Å². The normalized spacial score (nSPS) is 10.1. The number of benzene rings is 2. The SMILES string of the molecule is Fc1ccccc1[C](=[Zr+2])c1ccccc1. The van der Waals surface area contributed by atoms with Gasteiger partial charge in [-0.15, -0.1) is 0 Å². The quantitative estimate of drug-likeness (QED) is 0.790. The Hall–Kier alpha value is -0.877. The molecule has 2 heteroatoms. The molecule has 70 valence electrons. The van der Waals surface area contributed by atoms with E-state index in [2.05, 4.69) is 0 Å². The van der Waals surface area contributed by atoms with Crippen LogP contribution in [0.1, 0.15) is 11.1 Å². The predicted molar refractivity (Wildman–Crippen MR) is 56.1 cm³/mol. The molecule has 0 unspecified atom stereocenters. The summed E-state index contributed by atoms with van der Waals surface area (Å²) in [5.41, 5.74) is 1.81. The molecule has 0 spiro atoms. The van der Waals surface area contributed by atoms with Gasteiger partial charge in [-0.2, -0.15) is 0 Å². The van der Waals surface area contributed by atoms with Crippen LogP contribution in [0.15, 0.2) is 54.6 Å². The first kappa shape index (κ1) is 10.6. The molecule has 2 aromatic rings. The van der Waals surface area contributed by atoms with Crippen LogP contribution in [-0.4, -0.2) is 3.21 Å². The van der Waals surface area contributed by atoms with Gasteiger partial charge >= 0.3 is 103 Å². The van der Waals surface area contributed by atoms with Crippen molar-refractivity contribution in [3.05, 3.63) is 71.5 Å². The van der Waals surface area contributed by atoms with E-state index in [1.165, 1.54) is 30.3 Å². The van der Waals surface area contributed by atoms with E-state index in [-0.39, 0.29) is 5.82 Å². The van der Waals surface area contributed by atoms with Crippen LogP contribution in [0.3, 0.4) is 0 Å². The number of rotatable bonds is 2. The summed E-state index contributed by atoms with van der Waals surface area (Å²) in [6, 6.07) is 16.8. The second kappa shape index (κ2) is 4.76. The minimum absolute atomic E-state index is 0.145. The summed E-state index contributed by atoms with van der Waals surface area (Å²) in [6.45, 7) is 0. The molecule has 0 saturated carbocycles. The van der Waals surface area contributed by atoms with Crippen molar-refractivity contribution in [3.8, 4) is 0 Å². The van der Waals surface area contributed by atoms with Gasteiger partial charge < -0.3 is 0 Å². The van der Waals surface area contributed by atoms with Gasteiger partial charge in [0.05, 0.1) is 0 Å². The van der Waals surface area contributed by atoms with Crippen LogP contribution in [0.4, 0.5) is 4.39 Å². The summed E-state index contributed by atoms with van der Waals surface area (Å²) >= 11 is 1.23. The number of halogens is 1. The van der Waals surface area contributed by atoms with Crippen LogP contribution in [0.25, 0.3) is 0 Å². The molecule has 2 aromatic carbocycles. The van der Waals surface area contributed by atoms with Crippen molar-refractivity contribution >= 4 is 3.21 Å². The monoisotopic (exact) mass is 274 g/mol. The van der Waals surface area contributed by atoms with Crippen LogP contribution in [0, 0.1) is 5.82 Å². The third-order valence-corrected chi connectivity index (χ3v) is 3.58. The van der Waals surface area contributed by atoms with Gasteiger partial charge in [0.2, 0.25) is 0 Å². The van der Waals surface area contributed by atoms with Gasteiger partial charge in [0.1, 0.15) is 0 Å². The van der Waals surface area contributed by atoms with Crippen LogP contribution in [0.2, 0.25) is 0 Å². The summed E-state index contributed by atoms with van der Waals surface area (Å²) < 4.78 is 14.6. The van der Waals surface area contributed by atoms with Gasteiger partial charge in [0.15, 0.2) is 0 Å². The molecule has 15 heavy (non-hydrogen) atoms. The summed E-state index contributed by atoms with van der Waals surface area (Å²) in [4.78, 5) is 0. The maximum atomic E-state index is 13.5. The van der Waals surface area contributed by atoms with E-state index < -0.39 is 0 Å². The van der Waals surface area contributed by atoms with Crippen molar-refractivity contribution in [1.82, 2.24) is 0 Å². The molecule has 2 rings (SSSR count). The van der Waals surface area contributed by atoms with Crippen molar-refractivity contribution in [2.75, 3.05) is 0 Å². The molecule has 0 nitrogen and oxygen atoms in total. The van der Waals surface area contributed by atoms with E-state index in [0.717, 1.165) is 8.77 Å². The van der Waals surface area contributed by atoms with E-state index >= 15 is 0 Å². The number of hydrogen-bond acceptors (Lipinski definition) is 0. The van der Waals surface area contributed by atoms with Gasteiger partial charge in [-0.25, -0.2) is 0 Å². The van der Waals surface area contributed by atoms with Crippen molar-refractivity contribution in [1.29, 1.82) is 0 Å². The number of hydrogen-bond donors (Lipinski definition) is 0. The van der Waals surface area contributed by atoms with Gasteiger partial charge in [0, 0.05) is 0 Å². The third-order valence-electron chi connectivity index (χ3n) is 2.21. The molecule has 0 saturated heterocycles. The molecule has 0 aliphatic carbocycles. The Bertz CT molecular complexity index is 477. The molecule has 0 atom stereocenters. The summed E-state index contributed by atoms with van der Waals surface area (Å²) in [6.07, 6.45) is 0. The van der Waals surface area contributed by atoms with Crippen LogP contribution in [0.5, 0.6) is 0 Å². The second-order valence-corrected chi connectivity index (χ2v) is 4.45. The Kier molecular flexibility index (Phi) is 3.38. The first-order chi connectivity index (χ1) is 7.29. The van der Waals surface area contributed by atoms with Gasteiger partial charge in [-0.1, -0.05) is 0 Å². The van der Waals surface area contributed by atoms with Crippen molar-refractivity contribution in [2.24, 2.45) is 0 Å². The van der Waals surface area contributed by atoms with Gasteiger partial charge in [-0.05, 0) is 0 Å². The zero-order valence-electron chi connectivity index (χ0n) is 8.07. The van der Waals surface area contributed by atoms with E-state index in [1.54, 1.807) is 6.07 Å². The van der Waals surface area contributed by atoms with E-state index in [1.807, 2.05) is 42.5 Å². The Morgan fingerprint density at radius 2 is 1.47 bits per heavy atom. The van der Waals surface area contributed by atoms with Crippen LogP contribution >= 0.6 is 0 Å². The fraction of sp³-hybridized carbons (Fsp3) is 0. The molecule has 0 bridgehead atoms. The Morgan fingerprint density at radius 3 is 2.13 bits per heavy atom. The second-order valence-electron chi connectivity index (χ2n) is 3.22. The summed E-state index contributed by atoms with van der Waals surface area (Å²) in [5, 5.41) is 0. The Morgan fingerprint density at radius 1 is 0.867 bits per heavy atom. The molecule has 0 radical (unpaired) electrons. The standard InChI is InChI=1S/C13H9F.Zr/c14-13-9-5-4-8-12(13)10-11-6-2-1-3-7-11;/h1-9H;/q;+2. The zero-order valence-corrected chi connectivity index (χ0v) is 10.5. The molecule has 0 fully saturated rings. The molecular formula is C13H9FZr+2. The molecule has 0 aliphatic rings. The van der Waals surface area contributed by atoms with Crippen molar-refractivity contribution in [3.63, 3.8) is 0 Å². The Balaban J connectivity index is 2.42. The fourth-order valence-electron chi connectivity index (χ4n) is 1.42. The van der Waals surface area contributed by atoms with Crippen LogP contribution < -0.4 is 0 Å². The van der Waals surface area contributed by atoms with Gasteiger partial charge in [-0.3, -0.25) is 0 Å². The first-order valence-electron chi connectivity index (χ1n) is 4.68. The molecule has 0 N–H and O–H groups in total. The molecule has 0 heterocycles.